The van der Waals surface area contributed by atoms with E-state index in [1.54, 1.807) is 0 Å². The molecule has 0 bridgehead atoms. The Bertz CT molecular complexity index is 454. The van der Waals surface area contributed by atoms with E-state index in [4.69, 9.17) is 0 Å². The maximum absolute atomic E-state index is 3.85. The van der Waals surface area contributed by atoms with Crippen molar-refractivity contribution in [3.63, 3.8) is 0 Å². The highest BCUT2D eigenvalue weighted by Gasteiger charge is 2.06. The molecule has 2 N–H and O–H groups in total. The molecule has 0 saturated heterocycles. The number of para-hydroxylation sites is 1. The molecular weight excluding hydrogens is 172 g/mol. The Balaban J connectivity index is 2.65. The van der Waals surface area contributed by atoms with Crippen LogP contribution in [0.4, 0.5) is 0 Å². The minimum Gasteiger partial charge on any atom is -0.357 e. The van der Waals surface area contributed by atoms with Crippen molar-refractivity contribution in [1.82, 2.24) is 10.3 Å². The van der Waals surface area contributed by atoms with Crippen LogP contribution >= 0.6 is 0 Å². The summed E-state index contributed by atoms with van der Waals surface area (Å²) in [7, 11) is 1.94. The normalized spacial score (nSPS) is 10.6. The molecule has 0 aliphatic rings. The molecule has 1 aromatic carbocycles. The largest absolute Gasteiger partial charge is 0.357 e. The van der Waals surface area contributed by atoms with Crippen LogP contribution in [0.25, 0.3) is 17.0 Å². The van der Waals surface area contributed by atoms with E-state index in [0.717, 1.165) is 6.54 Å². The quantitative estimate of drug-likeness (QED) is 0.757. The predicted octanol–water partition coefficient (Wildman–Crippen LogP) is 2.53. The van der Waals surface area contributed by atoms with Crippen molar-refractivity contribution in [3.8, 4) is 0 Å². The number of fused-ring (bicyclic) bond motifs is 1. The second kappa shape index (κ2) is 3.68. The molecule has 0 fully saturated rings. The maximum atomic E-state index is 3.85. The van der Waals surface area contributed by atoms with Crippen molar-refractivity contribution < 1.29 is 0 Å². The highest BCUT2D eigenvalue weighted by atomic mass is 14.9. The Hall–Kier alpha value is -1.54. The zero-order chi connectivity index (χ0) is 9.97. The van der Waals surface area contributed by atoms with Gasteiger partial charge in [0.05, 0.1) is 0 Å². The molecule has 0 aliphatic heterocycles. The number of hydrogen-bond donors (Lipinski definition) is 2. The van der Waals surface area contributed by atoms with Crippen LogP contribution < -0.4 is 5.32 Å². The number of aromatic nitrogens is 1. The molecule has 1 aromatic heterocycles. The molecule has 2 heteroatoms. The fourth-order valence-corrected chi connectivity index (χ4v) is 1.77. The summed E-state index contributed by atoms with van der Waals surface area (Å²) in [6.45, 7) is 4.69. The molecular formula is C12H14N2. The second-order valence-corrected chi connectivity index (χ2v) is 3.30. The lowest BCUT2D eigenvalue weighted by Crippen LogP contribution is -2.06. The Morgan fingerprint density at radius 2 is 2.21 bits per heavy atom. The van der Waals surface area contributed by atoms with E-state index in [1.165, 1.54) is 22.2 Å². The number of aromatic amines is 1. The number of rotatable bonds is 3. The first kappa shape index (κ1) is 9.03. The van der Waals surface area contributed by atoms with E-state index in [9.17, 15) is 0 Å². The molecule has 0 saturated carbocycles. The predicted molar refractivity (Wildman–Crippen MR) is 61.2 cm³/mol. The van der Waals surface area contributed by atoms with Crippen LogP contribution in [-0.4, -0.2) is 12.0 Å². The van der Waals surface area contributed by atoms with Gasteiger partial charge in [0, 0.05) is 28.7 Å². The number of benzene rings is 1. The van der Waals surface area contributed by atoms with Gasteiger partial charge in [0.15, 0.2) is 0 Å². The smallest absolute Gasteiger partial charge is 0.0462 e. The Kier molecular flexibility index (Phi) is 2.37. The first-order valence-electron chi connectivity index (χ1n) is 4.73. The Morgan fingerprint density at radius 3 is 2.93 bits per heavy atom. The van der Waals surface area contributed by atoms with Gasteiger partial charge >= 0.3 is 0 Å². The summed E-state index contributed by atoms with van der Waals surface area (Å²) in [5.74, 6) is 0. The Morgan fingerprint density at radius 1 is 1.43 bits per heavy atom. The summed E-state index contributed by atoms with van der Waals surface area (Å²) >= 11 is 0. The lowest BCUT2D eigenvalue weighted by Gasteiger charge is -1.97. The minimum absolute atomic E-state index is 0.843. The first-order chi connectivity index (χ1) is 6.86. The lowest BCUT2D eigenvalue weighted by atomic mass is 10.1. The zero-order valence-corrected chi connectivity index (χ0v) is 8.30. The third-order valence-electron chi connectivity index (χ3n) is 2.39. The van der Waals surface area contributed by atoms with E-state index < -0.39 is 0 Å². The van der Waals surface area contributed by atoms with E-state index in [1.807, 2.05) is 25.3 Å². The molecule has 2 nitrogen and oxygen atoms in total. The van der Waals surface area contributed by atoms with Crippen LogP contribution in [0, 0.1) is 0 Å². The van der Waals surface area contributed by atoms with Crippen LogP contribution in [0.3, 0.4) is 0 Å². The standard InChI is InChI=1S/C12H14N2/c1-3-9-10-6-4-5-7-11(10)14-12(9)8-13-2/h3-7,13-14H,1,8H2,2H3. The van der Waals surface area contributed by atoms with E-state index in [-0.39, 0.29) is 0 Å². The van der Waals surface area contributed by atoms with Gasteiger partial charge in [0.1, 0.15) is 0 Å². The highest BCUT2D eigenvalue weighted by molar-refractivity contribution is 5.90. The molecule has 0 aliphatic carbocycles. The summed E-state index contributed by atoms with van der Waals surface area (Å²) in [4.78, 5) is 3.38. The summed E-state index contributed by atoms with van der Waals surface area (Å²) in [6.07, 6.45) is 1.91. The zero-order valence-electron chi connectivity index (χ0n) is 8.30. The molecule has 0 spiro atoms. The van der Waals surface area contributed by atoms with Gasteiger partial charge in [-0.1, -0.05) is 30.9 Å². The van der Waals surface area contributed by atoms with Crippen LogP contribution in [0.15, 0.2) is 30.8 Å². The fraction of sp³-hybridized carbons (Fsp3) is 0.167. The van der Waals surface area contributed by atoms with Gasteiger partial charge in [-0.15, -0.1) is 0 Å². The van der Waals surface area contributed by atoms with Gasteiger partial charge < -0.3 is 10.3 Å². The van der Waals surface area contributed by atoms with Crippen molar-refractivity contribution >= 4 is 17.0 Å². The Labute approximate surface area is 83.6 Å². The van der Waals surface area contributed by atoms with Gasteiger partial charge in [0.25, 0.3) is 0 Å². The van der Waals surface area contributed by atoms with Gasteiger partial charge in [-0.3, -0.25) is 0 Å². The van der Waals surface area contributed by atoms with Crippen molar-refractivity contribution in [1.29, 1.82) is 0 Å². The molecule has 14 heavy (non-hydrogen) atoms. The molecule has 0 amide bonds. The average Bonchev–Trinajstić information content (AvgIpc) is 2.55. The van der Waals surface area contributed by atoms with E-state index >= 15 is 0 Å². The lowest BCUT2D eigenvalue weighted by molar-refractivity contribution is 0.798. The molecule has 0 atom stereocenters. The van der Waals surface area contributed by atoms with E-state index in [0.29, 0.717) is 0 Å². The summed E-state index contributed by atoms with van der Waals surface area (Å²) in [6, 6.07) is 8.28. The van der Waals surface area contributed by atoms with Gasteiger partial charge in [-0.25, -0.2) is 0 Å². The number of H-pyrrole nitrogens is 1. The highest BCUT2D eigenvalue weighted by Crippen LogP contribution is 2.22. The molecule has 1 heterocycles. The third kappa shape index (κ3) is 1.34. The van der Waals surface area contributed by atoms with Crippen molar-refractivity contribution in [2.75, 3.05) is 7.05 Å². The second-order valence-electron chi connectivity index (χ2n) is 3.30. The molecule has 0 unspecified atom stereocenters. The minimum atomic E-state index is 0.843. The average molecular weight is 186 g/mol. The van der Waals surface area contributed by atoms with Crippen LogP contribution in [0.5, 0.6) is 0 Å². The molecule has 2 rings (SSSR count). The van der Waals surface area contributed by atoms with Crippen molar-refractivity contribution in [2.24, 2.45) is 0 Å². The van der Waals surface area contributed by atoms with Crippen LogP contribution in [0.1, 0.15) is 11.3 Å². The van der Waals surface area contributed by atoms with Crippen LogP contribution in [-0.2, 0) is 6.54 Å². The summed E-state index contributed by atoms with van der Waals surface area (Å²) < 4.78 is 0. The first-order valence-corrected chi connectivity index (χ1v) is 4.73. The van der Waals surface area contributed by atoms with Gasteiger partial charge in [-0.05, 0) is 13.1 Å². The van der Waals surface area contributed by atoms with Crippen molar-refractivity contribution in [3.05, 3.63) is 42.1 Å². The topological polar surface area (TPSA) is 27.8 Å². The van der Waals surface area contributed by atoms with Crippen molar-refractivity contribution in [2.45, 2.75) is 6.54 Å². The summed E-state index contributed by atoms with van der Waals surface area (Å²) in [5.41, 5.74) is 3.58. The summed E-state index contributed by atoms with van der Waals surface area (Å²) in [5, 5.41) is 4.38. The molecule has 0 radical (unpaired) electrons. The monoisotopic (exact) mass is 186 g/mol. The number of hydrogen-bond acceptors (Lipinski definition) is 1. The van der Waals surface area contributed by atoms with Crippen LogP contribution in [0.2, 0.25) is 0 Å². The SMILES string of the molecule is C=Cc1c(CNC)[nH]c2ccccc12. The van der Waals surface area contributed by atoms with E-state index in [2.05, 4.69) is 29.0 Å². The van der Waals surface area contributed by atoms with Gasteiger partial charge in [-0.2, -0.15) is 0 Å². The number of nitrogens with one attached hydrogen (secondary N) is 2. The maximum Gasteiger partial charge on any atom is 0.0462 e. The molecule has 72 valence electrons. The fourth-order valence-electron chi connectivity index (χ4n) is 1.77. The third-order valence-corrected chi connectivity index (χ3v) is 2.39. The van der Waals surface area contributed by atoms with Gasteiger partial charge in [0.2, 0.25) is 0 Å². The molecule has 2 aromatic rings.